The predicted molar refractivity (Wildman–Crippen MR) is 94.8 cm³/mol. The third-order valence-electron chi connectivity index (χ3n) is 4.02. The quantitative estimate of drug-likeness (QED) is 0.622. The van der Waals surface area contributed by atoms with Crippen LogP contribution in [-0.2, 0) is 6.42 Å². The van der Waals surface area contributed by atoms with Crippen LogP contribution in [0.2, 0.25) is 0 Å². The van der Waals surface area contributed by atoms with E-state index in [9.17, 15) is 0 Å². The second-order valence-electron chi connectivity index (χ2n) is 7.43. The number of hydrogen-bond donors (Lipinski definition) is 1. The molecule has 120 valence electrons. The Morgan fingerprint density at radius 3 is 2.10 bits per heavy atom. The van der Waals surface area contributed by atoms with E-state index in [0.29, 0.717) is 0 Å². The summed E-state index contributed by atoms with van der Waals surface area (Å²) in [5.41, 5.74) is 2.84. The van der Waals surface area contributed by atoms with Crippen LogP contribution in [0.3, 0.4) is 0 Å². The number of nitrogens with one attached hydrogen (secondary N) is 1. The summed E-state index contributed by atoms with van der Waals surface area (Å²) in [5.74, 6) is 2.33. The van der Waals surface area contributed by atoms with Crippen LogP contribution >= 0.6 is 0 Å². The molecule has 0 amide bonds. The molecule has 1 N–H and O–H groups in total. The lowest BCUT2D eigenvalue weighted by atomic mass is 9.92. The fourth-order valence-corrected chi connectivity index (χ4v) is 2.72. The van der Waals surface area contributed by atoms with Crippen molar-refractivity contribution in [1.82, 2.24) is 5.32 Å². The van der Waals surface area contributed by atoms with Gasteiger partial charge in [0.05, 0.1) is 0 Å². The monoisotopic (exact) mass is 289 g/mol. The van der Waals surface area contributed by atoms with Crippen molar-refractivity contribution in [3.63, 3.8) is 0 Å². The zero-order valence-electron chi connectivity index (χ0n) is 14.8. The average Bonchev–Trinajstić information content (AvgIpc) is 2.40. The van der Waals surface area contributed by atoms with E-state index < -0.39 is 0 Å². The maximum Gasteiger partial charge on any atom is -0.00172 e. The molecule has 1 aromatic rings. The number of rotatable bonds is 10. The highest BCUT2D eigenvalue weighted by Crippen LogP contribution is 2.17. The lowest BCUT2D eigenvalue weighted by Crippen LogP contribution is -2.27. The first-order valence-corrected chi connectivity index (χ1v) is 8.73. The lowest BCUT2D eigenvalue weighted by molar-refractivity contribution is 0.396. The molecule has 0 saturated heterocycles. The van der Waals surface area contributed by atoms with Gasteiger partial charge in [-0.3, -0.25) is 0 Å². The van der Waals surface area contributed by atoms with Crippen LogP contribution in [0, 0.1) is 24.7 Å². The Labute approximate surface area is 132 Å². The van der Waals surface area contributed by atoms with Gasteiger partial charge in [0.15, 0.2) is 0 Å². The van der Waals surface area contributed by atoms with Crippen molar-refractivity contribution in [3.05, 3.63) is 35.4 Å². The van der Waals surface area contributed by atoms with Gasteiger partial charge in [-0.2, -0.15) is 0 Å². The van der Waals surface area contributed by atoms with Crippen molar-refractivity contribution >= 4 is 0 Å². The Hall–Kier alpha value is -0.820. The fraction of sp³-hybridized carbons (Fsp3) is 0.700. The third-order valence-corrected chi connectivity index (χ3v) is 4.02. The fourth-order valence-electron chi connectivity index (χ4n) is 2.72. The van der Waals surface area contributed by atoms with Crippen molar-refractivity contribution in [3.8, 4) is 0 Å². The van der Waals surface area contributed by atoms with Gasteiger partial charge in [-0.1, -0.05) is 70.4 Å². The molecule has 0 saturated carbocycles. The molecule has 0 aromatic heterocycles. The summed E-state index contributed by atoms with van der Waals surface area (Å²) in [6, 6.07) is 9.07. The van der Waals surface area contributed by atoms with Crippen LogP contribution < -0.4 is 5.32 Å². The second kappa shape index (κ2) is 10.00. The predicted octanol–water partition coefficient (Wildman–Crippen LogP) is 5.23. The summed E-state index contributed by atoms with van der Waals surface area (Å²) in [6.45, 7) is 13.7. The summed E-state index contributed by atoms with van der Waals surface area (Å²) in [6.07, 6.45) is 5.27. The van der Waals surface area contributed by atoms with Gasteiger partial charge in [0, 0.05) is 0 Å². The minimum absolute atomic E-state index is 0.737. The van der Waals surface area contributed by atoms with Crippen molar-refractivity contribution < 1.29 is 0 Å². The largest absolute Gasteiger partial charge is 0.316 e. The molecule has 0 aliphatic heterocycles. The maximum absolute atomic E-state index is 3.65. The summed E-state index contributed by atoms with van der Waals surface area (Å²) in [5, 5.41) is 3.65. The minimum Gasteiger partial charge on any atom is -0.316 e. The molecule has 1 atom stereocenters. The Kier molecular flexibility index (Phi) is 8.68. The molecular weight excluding hydrogens is 254 g/mol. The van der Waals surface area contributed by atoms with Gasteiger partial charge in [0.2, 0.25) is 0 Å². The minimum atomic E-state index is 0.737. The Morgan fingerprint density at radius 2 is 1.52 bits per heavy atom. The SMILES string of the molecule is Cc1ccc(CC(CCCC(C)C)CNCC(C)C)cc1. The zero-order valence-corrected chi connectivity index (χ0v) is 14.8. The van der Waals surface area contributed by atoms with Crippen LogP contribution in [0.25, 0.3) is 0 Å². The van der Waals surface area contributed by atoms with Crippen LogP contribution in [0.15, 0.2) is 24.3 Å². The molecular formula is C20H35N. The van der Waals surface area contributed by atoms with Gasteiger partial charge in [0.25, 0.3) is 0 Å². The number of benzene rings is 1. The number of aryl methyl sites for hydroxylation is 1. The van der Waals surface area contributed by atoms with Crippen molar-refractivity contribution in [2.75, 3.05) is 13.1 Å². The molecule has 1 rings (SSSR count). The molecule has 1 heteroatoms. The lowest BCUT2D eigenvalue weighted by Gasteiger charge is -2.19. The third kappa shape index (κ3) is 8.93. The summed E-state index contributed by atoms with van der Waals surface area (Å²) >= 11 is 0. The van der Waals surface area contributed by atoms with E-state index in [2.05, 4.69) is 64.2 Å². The van der Waals surface area contributed by atoms with E-state index in [4.69, 9.17) is 0 Å². The Balaban J connectivity index is 2.47. The van der Waals surface area contributed by atoms with E-state index in [0.717, 1.165) is 30.8 Å². The molecule has 0 radical (unpaired) electrons. The van der Waals surface area contributed by atoms with Gasteiger partial charge in [-0.05, 0) is 56.2 Å². The van der Waals surface area contributed by atoms with Crippen molar-refractivity contribution in [2.45, 2.75) is 60.3 Å². The molecule has 1 aromatic carbocycles. The molecule has 21 heavy (non-hydrogen) atoms. The van der Waals surface area contributed by atoms with Crippen LogP contribution in [0.5, 0.6) is 0 Å². The number of hydrogen-bond acceptors (Lipinski definition) is 1. The van der Waals surface area contributed by atoms with Gasteiger partial charge in [0.1, 0.15) is 0 Å². The van der Waals surface area contributed by atoms with Gasteiger partial charge < -0.3 is 5.32 Å². The second-order valence-corrected chi connectivity index (χ2v) is 7.43. The molecule has 0 bridgehead atoms. The van der Waals surface area contributed by atoms with E-state index in [1.165, 1.54) is 36.8 Å². The van der Waals surface area contributed by atoms with E-state index in [-0.39, 0.29) is 0 Å². The molecule has 0 spiro atoms. The highest BCUT2D eigenvalue weighted by atomic mass is 14.9. The normalized spacial score (nSPS) is 13.1. The highest BCUT2D eigenvalue weighted by Gasteiger charge is 2.10. The molecule has 0 fully saturated rings. The first-order chi connectivity index (χ1) is 9.97. The van der Waals surface area contributed by atoms with Crippen LogP contribution in [-0.4, -0.2) is 13.1 Å². The molecule has 1 nitrogen and oxygen atoms in total. The standard InChI is InChI=1S/C20H35N/c1-16(2)7-6-8-20(15-21-14-17(3)4)13-19-11-9-18(5)10-12-19/h9-12,16-17,20-21H,6-8,13-15H2,1-5H3. The maximum atomic E-state index is 3.65. The van der Waals surface area contributed by atoms with Gasteiger partial charge in [-0.25, -0.2) is 0 Å². The average molecular weight is 290 g/mol. The van der Waals surface area contributed by atoms with Crippen LogP contribution in [0.4, 0.5) is 0 Å². The smallest absolute Gasteiger partial charge is 0.00172 e. The molecule has 1 unspecified atom stereocenters. The summed E-state index contributed by atoms with van der Waals surface area (Å²) in [7, 11) is 0. The van der Waals surface area contributed by atoms with E-state index in [1.54, 1.807) is 0 Å². The first kappa shape index (κ1) is 18.2. The zero-order chi connectivity index (χ0) is 15.7. The van der Waals surface area contributed by atoms with Gasteiger partial charge >= 0.3 is 0 Å². The topological polar surface area (TPSA) is 12.0 Å². The van der Waals surface area contributed by atoms with Gasteiger partial charge in [-0.15, -0.1) is 0 Å². The van der Waals surface area contributed by atoms with Crippen LogP contribution in [0.1, 0.15) is 58.1 Å². The Bertz CT molecular complexity index is 350. The van der Waals surface area contributed by atoms with Crippen molar-refractivity contribution in [1.29, 1.82) is 0 Å². The molecule has 0 aliphatic rings. The summed E-state index contributed by atoms with van der Waals surface area (Å²) < 4.78 is 0. The molecule has 0 heterocycles. The van der Waals surface area contributed by atoms with Crippen molar-refractivity contribution in [2.24, 2.45) is 17.8 Å². The van der Waals surface area contributed by atoms with E-state index in [1.807, 2.05) is 0 Å². The highest BCUT2D eigenvalue weighted by molar-refractivity contribution is 5.21. The Morgan fingerprint density at radius 1 is 0.857 bits per heavy atom. The molecule has 0 aliphatic carbocycles. The summed E-state index contributed by atoms with van der Waals surface area (Å²) in [4.78, 5) is 0. The van der Waals surface area contributed by atoms with E-state index >= 15 is 0 Å². The first-order valence-electron chi connectivity index (χ1n) is 8.73.